The van der Waals surface area contributed by atoms with Gasteiger partial charge in [-0.2, -0.15) is 0 Å². The zero-order chi connectivity index (χ0) is 16.4. The maximum absolute atomic E-state index is 12.6. The number of anilines is 1. The van der Waals surface area contributed by atoms with Crippen molar-refractivity contribution in [2.24, 2.45) is 5.92 Å². The van der Waals surface area contributed by atoms with Crippen LogP contribution in [0.3, 0.4) is 0 Å². The molecule has 2 unspecified atom stereocenters. The number of hydrogen-bond acceptors (Lipinski definition) is 4. The second-order valence-electron chi connectivity index (χ2n) is 6.20. The van der Waals surface area contributed by atoms with E-state index >= 15 is 0 Å². The summed E-state index contributed by atoms with van der Waals surface area (Å²) >= 11 is 0. The van der Waals surface area contributed by atoms with Crippen LogP contribution in [0.4, 0.5) is 5.69 Å². The number of amides is 2. The van der Waals surface area contributed by atoms with Crippen molar-refractivity contribution in [3.05, 3.63) is 24.3 Å². The average Bonchev–Trinajstić information content (AvgIpc) is 3.01. The molecule has 23 heavy (non-hydrogen) atoms. The van der Waals surface area contributed by atoms with Crippen LogP contribution in [0.5, 0.6) is 5.75 Å². The molecular weight excluding hydrogens is 294 g/mol. The summed E-state index contributed by atoms with van der Waals surface area (Å²) in [5.74, 6) is 0.987. The fourth-order valence-corrected chi connectivity index (χ4v) is 3.27. The van der Waals surface area contributed by atoms with E-state index in [9.17, 15) is 9.59 Å². The summed E-state index contributed by atoms with van der Waals surface area (Å²) in [5, 5.41) is 3.16. The number of nitrogens with one attached hydrogen (secondary N) is 1. The lowest BCUT2D eigenvalue weighted by Crippen LogP contribution is -2.49. The van der Waals surface area contributed by atoms with E-state index in [1.165, 1.54) is 0 Å². The first-order valence-electron chi connectivity index (χ1n) is 8.09. The molecule has 2 atom stereocenters. The standard InChI is InChI=1S/C17H23N3O3/c1-12-17(22)20(14-5-3-4-6-15(14)23-12)11-16(21)19-8-7-13(10-19)9-18-2/h3-6,12-13,18H,7-11H2,1-2H3. The van der Waals surface area contributed by atoms with Crippen molar-refractivity contribution >= 4 is 17.5 Å². The number of carbonyl (C=O) groups is 2. The van der Waals surface area contributed by atoms with E-state index in [1.807, 2.05) is 36.2 Å². The minimum absolute atomic E-state index is 0.000793. The predicted octanol–water partition coefficient (Wildman–Crippen LogP) is 0.868. The normalized spacial score (nSPS) is 23.7. The molecule has 6 heteroatoms. The Kier molecular flexibility index (Phi) is 4.52. The SMILES string of the molecule is CNCC1CCN(C(=O)CN2C(=O)C(C)Oc3ccccc32)C1. The third-order valence-corrected chi connectivity index (χ3v) is 4.50. The number of ether oxygens (including phenoxy) is 1. The maximum atomic E-state index is 12.6. The van der Waals surface area contributed by atoms with E-state index < -0.39 is 6.10 Å². The molecule has 0 spiro atoms. The van der Waals surface area contributed by atoms with E-state index in [2.05, 4.69) is 5.32 Å². The first kappa shape index (κ1) is 15.8. The van der Waals surface area contributed by atoms with E-state index in [4.69, 9.17) is 4.74 Å². The van der Waals surface area contributed by atoms with Crippen LogP contribution in [0.25, 0.3) is 0 Å². The molecule has 1 aromatic carbocycles. The lowest BCUT2D eigenvalue weighted by molar-refractivity contribution is -0.132. The number of hydrogen-bond donors (Lipinski definition) is 1. The van der Waals surface area contributed by atoms with Crippen LogP contribution < -0.4 is 15.0 Å². The summed E-state index contributed by atoms with van der Waals surface area (Å²) in [6.45, 7) is 4.24. The highest BCUT2D eigenvalue weighted by molar-refractivity contribution is 6.03. The molecule has 1 saturated heterocycles. The molecule has 3 rings (SSSR count). The number of benzene rings is 1. The van der Waals surface area contributed by atoms with Gasteiger partial charge in [0.2, 0.25) is 5.91 Å². The summed E-state index contributed by atoms with van der Waals surface area (Å²) in [4.78, 5) is 28.4. The topological polar surface area (TPSA) is 61.9 Å². The van der Waals surface area contributed by atoms with Gasteiger partial charge in [0.1, 0.15) is 12.3 Å². The van der Waals surface area contributed by atoms with Crippen molar-refractivity contribution in [2.45, 2.75) is 19.4 Å². The fraction of sp³-hybridized carbons (Fsp3) is 0.529. The van der Waals surface area contributed by atoms with Crippen LogP contribution in [-0.2, 0) is 9.59 Å². The Balaban J connectivity index is 1.72. The molecule has 0 saturated carbocycles. The summed E-state index contributed by atoms with van der Waals surface area (Å²) in [5.41, 5.74) is 0.676. The molecule has 1 fully saturated rings. The molecule has 2 aliphatic heterocycles. The quantitative estimate of drug-likeness (QED) is 0.895. The van der Waals surface area contributed by atoms with Crippen LogP contribution in [0.2, 0.25) is 0 Å². The molecule has 2 amide bonds. The highest BCUT2D eigenvalue weighted by Crippen LogP contribution is 2.33. The molecule has 0 bridgehead atoms. The minimum Gasteiger partial charge on any atom is -0.479 e. The molecule has 0 aliphatic carbocycles. The van der Waals surface area contributed by atoms with Gasteiger partial charge in [-0.1, -0.05) is 12.1 Å². The number of likely N-dealkylation sites (tertiary alicyclic amines) is 1. The van der Waals surface area contributed by atoms with Crippen molar-refractivity contribution in [3.63, 3.8) is 0 Å². The fourth-order valence-electron chi connectivity index (χ4n) is 3.27. The smallest absolute Gasteiger partial charge is 0.268 e. The van der Waals surface area contributed by atoms with E-state index in [0.29, 0.717) is 17.4 Å². The van der Waals surface area contributed by atoms with Gasteiger partial charge < -0.3 is 15.0 Å². The Hall–Kier alpha value is -2.08. The zero-order valence-electron chi connectivity index (χ0n) is 13.6. The number of carbonyl (C=O) groups excluding carboxylic acids is 2. The lowest BCUT2D eigenvalue weighted by atomic mass is 10.1. The van der Waals surface area contributed by atoms with Crippen LogP contribution in [-0.4, -0.2) is 56.0 Å². The van der Waals surface area contributed by atoms with Gasteiger partial charge in [0.05, 0.1) is 5.69 Å². The van der Waals surface area contributed by atoms with Crippen molar-refractivity contribution < 1.29 is 14.3 Å². The second kappa shape index (κ2) is 6.58. The minimum atomic E-state index is -0.562. The monoisotopic (exact) mass is 317 g/mol. The molecular formula is C17H23N3O3. The summed E-state index contributed by atoms with van der Waals surface area (Å²) in [6, 6.07) is 7.36. The Morgan fingerprint density at radius 3 is 2.96 bits per heavy atom. The second-order valence-corrected chi connectivity index (χ2v) is 6.20. The number of rotatable bonds is 4. The molecule has 124 valence electrons. The van der Waals surface area contributed by atoms with Crippen LogP contribution >= 0.6 is 0 Å². The van der Waals surface area contributed by atoms with E-state index in [0.717, 1.165) is 26.1 Å². The Morgan fingerprint density at radius 1 is 1.39 bits per heavy atom. The van der Waals surface area contributed by atoms with Gasteiger partial charge in [-0.15, -0.1) is 0 Å². The van der Waals surface area contributed by atoms with Crippen LogP contribution in [0.15, 0.2) is 24.3 Å². The van der Waals surface area contributed by atoms with Crippen molar-refractivity contribution in [2.75, 3.05) is 38.1 Å². The first-order valence-corrected chi connectivity index (χ1v) is 8.09. The van der Waals surface area contributed by atoms with Crippen LogP contribution in [0, 0.1) is 5.92 Å². The van der Waals surface area contributed by atoms with Gasteiger partial charge in [0, 0.05) is 13.1 Å². The van der Waals surface area contributed by atoms with Crippen LogP contribution in [0.1, 0.15) is 13.3 Å². The van der Waals surface area contributed by atoms with Gasteiger partial charge in [-0.25, -0.2) is 0 Å². The van der Waals surface area contributed by atoms with Gasteiger partial charge in [0.25, 0.3) is 5.91 Å². The highest BCUT2D eigenvalue weighted by Gasteiger charge is 2.34. The maximum Gasteiger partial charge on any atom is 0.268 e. The highest BCUT2D eigenvalue weighted by atomic mass is 16.5. The Labute approximate surface area is 136 Å². The average molecular weight is 317 g/mol. The van der Waals surface area contributed by atoms with E-state index in [1.54, 1.807) is 11.8 Å². The Morgan fingerprint density at radius 2 is 2.17 bits per heavy atom. The Bertz CT molecular complexity index is 605. The lowest BCUT2D eigenvalue weighted by Gasteiger charge is -2.33. The third-order valence-electron chi connectivity index (χ3n) is 4.50. The summed E-state index contributed by atoms with van der Waals surface area (Å²) in [7, 11) is 1.93. The van der Waals surface area contributed by atoms with Gasteiger partial charge in [0.15, 0.2) is 6.10 Å². The third kappa shape index (κ3) is 3.17. The molecule has 2 aliphatic rings. The zero-order valence-corrected chi connectivity index (χ0v) is 13.6. The van der Waals surface area contributed by atoms with Crippen molar-refractivity contribution in [3.8, 4) is 5.75 Å². The van der Waals surface area contributed by atoms with Gasteiger partial charge in [-0.05, 0) is 45.0 Å². The number of para-hydroxylation sites is 2. The number of fused-ring (bicyclic) bond motifs is 1. The number of nitrogens with zero attached hydrogens (tertiary/aromatic N) is 2. The molecule has 0 radical (unpaired) electrons. The summed E-state index contributed by atoms with van der Waals surface area (Å²) < 4.78 is 5.61. The molecule has 2 heterocycles. The largest absolute Gasteiger partial charge is 0.479 e. The van der Waals surface area contributed by atoms with Crippen molar-refractivity contribution in [1.29, 1.82) is 0 Å². The molecule has 1 N–H and O–H groups in total. The van der Waals surface area contributed by atoms with E-state index in [-0.39, 0.29) is 18.4 Å². The summed E-state index contributed by atoms with van der Waals surface area (Å²) in [6.07, 6.45) is 0.449. The molecule has 0 aromatic heterocycles. The molecule has 1 aromatic rings. The van der Waals surface area contributed by atoms with Crippen molar-refractivity contribution in [1.82, 2.24) is 10.2 Å². The van der Waals surface area contributed by atoms with Gasteiger partial charge >= 0.3 is 0 Å². The first-order chi connectivity index (χ1) is 11.1. The molecule has 6 nitrogen and oxygen atoms in total. The predicted molar refractivity (Wildman–Crippen MR) is 87.5 cm³/mol. The van der Waals surface area contributed by atoms with Gasteiger partial charge in [-0.3, -0.25) is 14.5 Å².